The van der Waals surface area contributed by atoms with Gasteiger partial charge in [-0.15, -0.1) is 0 Å². The highest BCUT2D eigenvalue weighted by atomic mass is 32.2. The number of fused-ring (bicyclic) bond motifs is 1. The Bertz CT molecular complexity index is 960. The summed E-state index contributed by atoms with van der Waals surface area (Å²) < 4.78 is 32.0. The standard InChI is InChI=1S/C17H19N3O4S/c1-11-12(2)20(10-9-13-7-5-4-6-8-13)15-14(11)25(22,23)16(19-18-15)17(21)24-3/h4-8,18H,9-10H2,1-3H3. The van der Waals surface area contributed by atoms with Gasteiger partial charge in [0.15, 0.2) is 0 Å². The van der Waals surface area contributed by atoms with E-state index in [1.807, 2.05) is 41.8 Å². The molecule has 0 amide bonds. The first-order chi connectivity index (χ1) is 11.9. The summed E-state index contributed by atoms with van der Waals surface area (Å²) in [4.78, 5) is 11.8. The highest BCUT2D eigenvalue weighted by Gasteiger charge is 2.39. The van der Waals surface area contributed by atoms with Crippen LogP contribution in [-0.4, -0.2) is 31.1 Å². The monoisotopic (exact) mass is 361 g/mol. The van der Waals surface area contributed by atoms with E-state index in [0.717, 1.165) is 24.8 Å². The number of aryl methyl sites for hydroxylation is 1. The topological polar surface area (TPSA) is 89.8 Å². The Morgan fingerprint density at radius 1 is 1.24 bits per heavy atom. The molecule has 1 aliphatic rings. The Hall–Kier alpha value is -2.61. The smallest absolute Gasteiger partial charge is 0.370 e. The number of ether oxygens (including phenoxy) is 1. The first-order valence-electron chi connectivity index (χ1n) is 7.78. The van der Waals surface area contributed by atoms with E-state index in [-0.39, 0.29) is 4.90 Å². The third kappa shape index (κ3) is 2.82. The molecule has 1 aromatic carbocycles. The molecule has 8 heteroatoms. The molecule has 2 heterocycles. The van der Waals surface area contributed by atoms with Gasteiger partial charge in [-0.25, -0.2) is 13.2 Å². The van der Waals surface area contributed by atoms with E-state index in [0.29, 0.717) is 17.9 Å². The van der Waals surface area contributed by atoms with Crippen molar-refractivity contribution in [2.45, 2.75) is 31.7 Å². The van der Waals surface area contributed by atoms with Gasteiger partial charge in [0.05, 0.1) is 7.11 Å². The van der Waals surface area contributed by atoms with E-state index < -0.39 is 20.9 Å². The molecular formula is C17H19N3O4S. The summed E-state index contributed by atoms with van der Waals surface area (Å²) in [5.74, 6) is -0.592. The Kier molecular flexibility index (Phi) is 4.38. The van der Waals surface area contributed by atoms with Gasteiger partial charge in [-0.05, 0) is 31.4 Å². The van der Waals surface area contributed by atoms with Gasteiger partial charge in [-0.2, -0.15) is 5.10 Å². The fraction of sp³-hybridized carbons (Fsp3) is 0.294. The molecule has 0 atom stereocenters. The molecule has 7 nitrogen and oxygen atoms in total. The number of hydrogen-bond acceptors (Lipinski definition) is 6. The zero-order valence-corrected chi connectivity index (χ0v) is 15.1. The van der Waals surface area contributed by atoms with Crippen LogP contribution in [0.1, 0.15) is 16.8 Å². The Balaban J connectivity index is 2.01. The number of rotatable bonds is 4. The molecule has 3 rings (SSSR count). The van der Waals surface area contributed by atoms with Crippen LogP contribution in [0.4, 0.5) is 5.82 Å². The number of hydrazone groups is 1. The molecule has 0 unspecified atom stereocenters. The van der Waals surface area contributed by atoms with Crippen LogP contribution in [0.15, 0.2) is 40.3 Å². The summed E-state index contributed by atoms with van der Waals surface area (Å²) in [6.07, 6.45) is 0.748. The Labute approximate surface area is 146 Å². The molecular weight excluding hydrogens is 342 g/mol. The van der Waals surface area contributed by atoms with E-state index in [1.54, 1.807) is 6.92 Å². The summed E-state index contributed by atoms with van der Waals surface area (Å²) in [6, 6.07) is 9.93. The third-order valence-corrected chi connectivity index (χ3v) is 6.19. The van der Waals surface area contributed by atoms with Crippen LogP contribution in [0.5, 0.6) is 0 Å². The van der Waals surface area contributed by atoms with Crippen LogP contribution in [0, 0.1) is 13.8 Å². The lowest BCUT2D eigenvalue weighted by molar-refractivity contribution is -0.132. The summed E-state index contributed by atoms with van der Waals surface area (Å²) in [6.45, 7) is 4.18. The largest absolute Gasteiger partial charge is 0.464 e. The summed E-state index contributed by atoms with van der Waals surface area (Å²) >= 11 is 0. The molecule has 0 saturated heterocycles. The number of methoxy groups -OCH3 is 1. The number of aromatic nitrogens is 1. The molecule has 0 fully saturated rings. The number of carbonyl (C=O) groups is 1. The maximum Gasteiger partial charge on any atom is 0.370 e. The van der Waals surface area contributed by atoms with Crippen LogP contribution < -0.4 is 5.43 Å². The molecule has 0 aliphatic carbocycles. The Morgan fingerprint density at radius 3 is 2.56 bits per heavy atom. The Morgan fingerprint density at radius 2 is 1.92 bits per heavy atom. The van der Waals surface area contributed by atoms with Gasteiger partial charge in [0.2, 0.25) is 9.84 Å². The van der Waals surface area contributed by atoms with Crippen molar-refractivity contribution in [1.29, 1.82) is 0 Å². The van der Waals surface area contributed by atoms with Gasteiger partial charge in [0, 0.05) is 12.2 Å². The average molecular weight is 361 g/mol. The van der Waals surface area contributed by atoms with Crippen LogP contribution in [-0.2, 0) is 32.3 Å². The number of nitrogens with zero attached hydrogens (tertiary/aromatic N) is 2. The lowest BCUT2D eigenvalue weighted by Gasteiger charge is -2.17. The second-order valence-corrected chi connectivity index (χ2v) is 7.60. The van der Waals surface area contributed by atoms with E-state index in [2.05, 4.69) is 15.3 Å². The van der Waals surface area contributed by atoms with E-state index in [4.69, 9.17) is 0 Å². The lowest BCUT2D eigenvalue weighted by atomic mass is 10.1. The fourth-order valence-corrected chi connectivity index (χ4v) is 4.57. The minimum Gasteiger partial charge on any atom is -0.464 e. The number of hydrogen-bond donors (Lipinski definition) is 1. The van der Waals surface area contributed by atoms with Crippen LogP contribution >= 0.6 is 0 Å². The summed E-state index contributed by atoms with van der Waals surface area (Å²) in [5.41, 5.74) is 5.29. The van der Waals surface area contributed by atoms with Crippen molar-refractivity contribution in [3.63, 3.8) is 0 Å². The van der Waals surface area contributed by atoms with Crippen LogP contribution in [0.25, 0.3) is 0 Å². The van der Waals surface area contributed by atoms with E-state index in [9.17, 15) is 13.2 Å². The number of esters is 1. The number of sulfone groups is 1. The van der Waals surface area contributed by atoms with Crippen molar-refractivity contribution in [2.24, 2.45) is 5.10 Å². The second-order valence-electron chi connectivity index (χ2n) is 5.80. The first-order valence-corrected chi connectivity index (χ1v) is 9.27. The molecule has 1 aromatic heterocycles. The highest BCUT2D eigenvalue weighted by molar-refractivity contribution is 8.08. The average Bonchev–Trinajstić information content (AvgIpc) is 2.85. The predicted octanol–water partition coefficient (Wildman–Crippen LogP) is 2.03. The van der Waals surface area contributed by atoms with E-state index in [1.165, 1.54) is 0 Å². The number of nitrogens with one attached hydrogen (secondary N) is 1. The minimum absolute atomic E-state index is 0.0912. The van der Waals surface area contributed by atoms with Crippen LogP contribution in [0.2, 0.25) is 0 Å². The van der Waals surface area contributed by atoms with Gasteiger partial charge in [0.1, 0.15) is 10.7 Å². The summed E-state index contributed by atoms with van der Waals surface area (Å²) in [5, 5.41) is 3.13. The van der Waals surface area contributed by atoms with Crippen molar-refractivity contribution < 1.29 is 17.9 Å². The number of anilines is 1. The van der Waals surface area contributed by atoms with Crippen molar-refractivity contribution in [1.82, 2.24) is 4.57 Å². The number of benzene rings is 1. The molecule has 25 heavy (non-hydrogen) atoms. The minimum atomic E-state index is -4.02. The third-order valence-electron chi connectivity index (χ3n) is 4.39. The van der Waals surface area contributed by atoms with Gasteiger partial charge in [-0.1, -0.05) is 30.3 Å². The molecule has 132 valence electrons. The molecule has 2 aromatic rings. The molecule has 0 radical (unpaired) electrons. The SMILES string of the molecule is COC(=O)C1=NNc2c(c(C)c(C)n2CCc2ccccc2)S1(=O)=O. The fourth-order valence-electron chi connectivity index (χ4n) is 2.94. The lowest BCUT2D eigenvalue weighted by Crippen LogP contribution is -2.30. The zero-order chi connectivity index (χ0) is 18.2. The van der Waals surface area contributed by atoms with Gasteiger partial charge in [0.25, 0.3) is 5.04 Å². The van der Waals surface area contributed by atoms with E-state index >= 15 is 0 Å². The molecule has 1 aliphatic heterocycles. The van der Waals surface area contributed by atoms with Crippen molar-refractivity contribution in [3.05, 3.63) is 47.2 Å². The predicted molar refractivity (Wildman–Crippen MR) is 94.3 cm³/mol. The molecule has 0 saturated carbocycles. The molecule has 1 N–H and O–H groups in total. The molecule has 0 bridgehead atoms. The first kappa shape index (κ1) is 17.2. The number of carbonyl (C=O) groups excluding carboxylic acids is 1. The van der Waals surface area contributed by atoms with Gasteiger partial charge >= 0.3 is 5.97 Å². The van der Waals surface area contributed by atoms with Crippen LogP contribution in [0.3, 0.4) is 0 Å². The zero-order valence-electron chi connectivity index (χ0n) is 14.2. The maximum absolute atomic E-state index is 12.8. The molecule has 0 spiro atoms. The highest BCUT2D eigenvalue weighted by Crippen LogP contribution is 2.35. The van der Waals surface area contributed by atoms with Crippen molar-refractivity contribution in [3.8, 4) is 0 Å². The maximum atomic E-state index is 12.8. The normalized spacial score (nSPS) is 15.1. The van der Waals surface area contributed by atoms with Crippen molar-refractivity contribution in [2.75, 3.05) is 12.5 Å². The van der Waals surface area contributed by atoms with Gasteiger partial charge in [-0.3, -0.25) is 5.43 Å². The quantitative estimate of drug-likeness (QED) is 0.842. The van der Waals surface area contributed by atoms with Crippen molar-refractivity contribution >= 4 is 26.7 Å². The second kappa shape index (κ2) is 6.36. The van der Waals surface area contributed by atoms with Gasteiger partial charge < -0.3 is 9.30 Å². The summed E-state index contributed by atoms with van der Waals surface area (Å²) in [7, 11) is -2.89.